The number of imidazole rings is 1. The minimum absolute atomic E-state index is 0.0696. The molecule has 0 saturated carbocycles. The average molecular weight is 562 g/mol. The largest absolute Gasteiger partial charge is 0.497 e. The van der Waals surface area contributed by atoms with Crippen LogP contribution in [0.4, 0.5) is 0 Å². The maximum atomic E-state index is 11.7. The predicted octanol–water partition coefficient (Wildman–Crippen LogP) is 4.74. The molecule has 0 aliphatic carbocycles. The van der Waals surface area contributed by atoms with Crippen LogP contribution in [0.1, 0.15) is 37.2 Å². The zero-order valence-corrected chi connectivity index (χ0v) is 22.2. The summed E-state index contributed by atoms with van der Waals surface area (Å²) in [5.41, 5.74) is 3.70. The number of pyridine rings is 1. The van der Waals surface area contributed by atoms with Crippen molar-refractivity contribution in [3.8, 4) is 5.75 Å². The molecular formula is C25H29BrN4O4S. The molecule has 2 heterocycles. The van der Waals surface area contributed by atoms with Gasteiger partial charge >= 0.3 is 0 Å². The van der Waals surface area contributed by atoms with Crippen LogP contribution in [0.2, 0.25) is 0 Å². The Bertz CT molecular complexity index is 1420. The Hall–Kier alpha value is -2.53. The van der Waals surface area contributed by atoms with Gasteiger partial charge in [0.25, 0.3) is 0 Å². The predicted molar refractivity (Wildman–Crippen MR) is 141 cm³/mol. The number of rotatable bonds is 11. The monoisotopic (exact) mass is 560 g/mol. The number of ether oxygens (including phenoxy) is 2. The van der Waals surface area contributed by atoms with E-state index in [2.05, 4.69) is 25.5 Å². The number of nitrogens with two attached hydrogens (primary N) is 1. The van der Waals surface area contributed by atoms with Crippen molar-refractivity contribution in [2.24, 2.45) is 5.14 Å². The standard InChI is InChI=1S/C25H29BrN4O4S/c1-3-34-16-24-29-23-15-28-22-14-18(26)8-11-21(22)25(23)30(24)19(5-4-12-35(27,31)32)13-17-6-9-20(33-2)10-7-17/h6-11,14-15,19H,3-5,12-13,16H2,1-2H3,(H2,27,31,32). The molecule has 2 N–H and O–H groups in total. The van der Waals surface area contributed by atoms with Crippen molar-refractivity contribution < 1.29 is 17.9 Å². The summed E-state index contributed by atoms with van der Waals surface area (Å²) in [5, 5.41) is 6.28. The average Bonchev–Trinajstić information content (AvgIpc) is 3.20. The number of nitrogens with zero attached hydrogens (tertiary/aromatic N) is 3. The molecule has 0 fully saturated rings. The Balaban J connectivity index is 1.85. The van der Waals surface area contributed by atoms with Gasteiger partial charge < -0.3 is 14.0 Å². The van der Waals surface area contributed by atoms with Crippen molar-refractivity contribution in [2.45, 2.75) is 38.8 Å². The minimum atomic E-state index is -3.56. The quantitative estimate of drug-likeness (QED) is 0.283. The Kier molecular flexibility index (Phi) is 8.05. The zero-order valence-electron chi connectivity index (χ0n) is 19.8. The van der Waals surface area contributed by atoms with E-state index in [1.165, 1.54) is 0 Å². The zero-order chi connectivity index (χ0) is 25.0. The number of hydrogen-bond acceptors (Lipinski definition) is 6. The molecule has 8 nitrogen and oxygen atoms in total. The van der Waals surface area contributed by atoms with Gasteiger partial charge in [0.1, 0.15) is 23.7 Å². The number of fused-ring (bicyclic) bond motifs is 3. The Morgan fingerprint density at radius 1 is 1.14 bits per heavy atom. The summed E-state index contributed by atoms with van der Waals surface area (Å²) in [7, 11) is -1.92. The SMILES string of the molecule is CCOCc1nc2cnc3cc(Br)ccc3c2n1C(CCCS(N)(=O)=O)Cc1ccc(OC)cc1. The van der Waals surface area contributed by atoms with Crippen molar-refractivity contribution in [2.75, 3.05) is 19.5 Å². The minimum Gasteiger partial charge on any atom is -0.497 e. The van der Waals surface area contributed by atoms with Crippen LogP contribution < -0.4 is 9.88 Å². The Morgan fingerprint density at radius 3 is 2.60 bits per heavy atom. The molecule has 4 aromatic rings. The van der Waals surface area contributed by atoms with Crippen molar-refractivity contribution in [1.29, 1.82) is 0 Å². The molecule has 1 atom stereocenters. The van der Waals surface area contributed by atoms with E-state index < -0.39 is 10.0 Å². The summed E-state index contributed by atoms with van der Waals surface area (Å²) in [6.07, 6.45) is 3.50. The van der Waals surface area contributed by atoms with Crippen LogP contribution in [0, 0.1) is 0 Å². The summed E-state index contributed by atoms with van der Waals surface area (Å²) >= 11 is 3.53. The summed E-state index contributed by atoms with van der Waals surface area (Å²) in [6, 6.07) is 13.9. The highest BCUT2D eigenvalue weighted by Gasteiger charge is 2.23. The van der Waals surface area contributed by atoms with Gasteiger partial charge in [0.05, 0.1) is 30.1 Å². The van der Waals surface area contributed by atoms with Crippen molar-refractivity contribution in [3.05, 3.63) is 64.5 Å². The molecule has 0 amide bonds. The van der Waals surface area contributed by atoms with Crippen LogP contribution in [0.3, 0.4) is 0 Å². The summed E-state index contributed by atoms with van der Waals surface area (Å²) < 4.78 is 37.6. The molecular weight excluding hydrogens is 532 g/mol. The van der Waals surface area contributed by atoms with Crippen LogP contribution >= 0.6 is 15.9 Å². The highest BCUT2D eigenvalue weighted by atomic mass is 79.9. The first kappa shape index (κ1) is 25.6. The normalized spacial score (nSPS) is 12.9. The third-order valence-corrected chi connectivity index (χ3v) is 7.30. The van der Waals surface area contributed by atoms with E-state index in [0.29, 0.717) is 32.5 Å². The van der Waals surface area contributed by atoms with E-state index in [1.807, 2.05) is 49.4 Å². The molecule has 4 rings (SSSR count). The molecule has 0 radical (unpaired) electrons. The van der Waals surface area contributed by atoms with E-state index in [9.17, 15) is 8.42 Å². The molecule has 1 unspecified atom stereocenters. The molecule has 35 heavy (non-hydrogen) atoms. The van der Waals surface area contributed by atoms with Gasteiger partial charge in [0.15, 0.2) is 0 Å². The number of methoxy groups -OCH3 is 1. The van der Waals surface area contributed by atoms with E-state index in [-0.39, 0.29) is 11.8 Å². The first-order valence-electron chi connectivity index (χ1n) is 11.4. The smallest absolute Gasteiger partial charge is 0.209 e. The van der Waals surface area contributed by atoms with E-state index in [1.54, 1.807) is 13.3 Å². The third kappa shape index (κ3) is 6.19. The lowest BCUT2D eigenvalue weighted by Crippen LogP contribution is -2.20. The van der Waals surface area contributed by atoms with Crippen LogP contribution in [-0.4, -0.2) is 42.4 Å². The third-order valence-electron chi connectivity index (χ3n) is 5.95. The first-order chi connectivity index (χ1) is 16.8. The number of halogens is 1. The lowest BCUT2D eigenvalue weighted by atomic mass is 10.0. The topological polar surface area (TPSA) is 109 Å². The molecule has 0 saturated heterocycles. The number of benzene rings is 2. The summed E-state index contributed by atoms with van der Waals surface area (Å²) in [5.74, 6) is 1.50. The number of hydrogen-bond donors (Lipinski definition) is 1. The molecule has 0 aliphatic heterocycles. The lowest BCUT2D eigenvalue weighted by Gasteiger charge is -2.23. The van der Waals surface area contributed by atoms with Crippen LogP contribution in [0.5, 0.6) is 5.75 Å². The second kappa shape index (κ2) is 11.0. The van der Waals surface area contributed by atoms with Gasteiger partial charge in [-0.3, -0.25) is 4.98 Å². The first-order valence-corrected chi connectivity index (χ1v) is 14.0. The van der Waals surface area contributed by atoms with Gasteiger partial charge in [-0.15, -0.1) is 0 Å². The van der Waals surface area contributed by atoms with Gasteiger partial charge in [-0.05, 0) is 62.1 Å². The Labute approximate surface area is 213 Å². The van der Waals surface area contributed by atoms with Gasteiger partial charge in [-0.2, -0.15) is 0 Å². The lowest BCUT2D eigenvalue weighted by molar-refractivity contribution is 0.124. The van der Waals surface area contributed by atoms with Gasteiger partial charge in [0.2, 0.25) is 10.0 Å². The summed E-state index contributed by atoms with van der Waals surface area (Å²) in [4.78, 5) is 9.48. The molecule has 2 aromatic heterocycles. The second-order valence-corrected chi connectivity index (χ2v) is 11.1. The maximum Gasteiger partial charge on any atom is 0.209 e. The highest BCUT2D eigenvalue weighted by Crippen LogP contribution is 2.33. The van der Waals surface area contributed by atoms with Gasteiger partial charge in [-0.1, -0.05) is 28.1 Å². The molecule has 0 spiro atoms. The van der Waals surface area contributed by atoms with Crippen molar-refractivity contribution >= 4 is 47.9 Å². The van der Waals surface area contributed by atoms with E-state index >= 15 is 0 Å². The second-order valence-electron chi connectivity index (χ2n) is 8.40. The van der Waals surface area contributed by atoms with Gasteiger partial charge in [-0.25, -0.2) is 18.5 Å². The van der Waals surface area contributed by atoms with E-state index in [0.717, 1.165) is 43.5 Å². The fourth-order valence-electron chi connectivity index (χ4n) is 4.36. The molecule has 2 aromatic carbocycles. The molecule has 186 valence electrons. The molecule has 10 heteroatoms. The number of aromatic nitrogens is 3. The van der Waals surface area contributed by atoms with Crippen molar-refractivity contribution in [1.82, 2.24) is 14.5 Å². The number of sulfonamides is 1. The summed E-state index contributed by atoms with van der Waals surface area (Å²) in [6.45, 7) is 2.85. The van der Waals surface area contributed by atoms with Crippen molar-refractivity contribution in [3.63, 3.8) is 0 Å². The van der Waals surface area contributed by atoms with Crippen LogP contribution in [0.25, 0.3) is 21.9 Å². The van der Waals surface area contributed by atoms with Crippen LogP contribution in [0.15, 0.2) is 53.1 Å². The Morgan fingerprint density at radius 2 is 1.91 bits per heavy atom. The highest BCUT2D eigenvalue weighted by molar-refractivity contribution is 9.10. The van der Waals surface area contributed by atoms with Crippen LogP contribution in [-0.2, 0) is 27.8 Å². The molecule has 0 aliphatic rings. The maximum absolute atomic E-state index is 11.7. The fourth-order valence-corrected chi connectivity index (χ4v) is 5.28. The molecule has 0 bridgehead atoms. The number of primary sulfonamides is 1. The van der Waals surface area contributed by atoms with Gasteiger partial charge in [0, 0.05) is 22.5 Å². The van der Waals surface area contributed by atoms with E-state index in [4.69, 9.17) is 19.6 Å². The fraction of sp³-hybridized carbons (Fsp3) is 0.360.